The van der Waals surface area contributed by atoms with Gasteiger partial charge in [-0.15, -0.1) is 11.6 Å². The number of alkyl halides is 3. The van der Waals surface area contributed by atoms with Gasteiger partial charge in [0.25, 0.3) is 0 Å². The van der Waals surface area contributed by atoms with Gasteiger partial charge in [-0.2, -0.15) is 26.0 Å². The van der Waals surface area contributed by atoms with Gasteiger partial charge in [-0.3, -0.25) is 24.8 Å². The summed E-state index contributed by atoms with van der Waals surface area (Å²) in [5.74, 6) is -0.432. The van der Waals surface area contributed by atoms with Gasteiger partial charge in [0, 0.05) is 26.0 Å². The van der Waals surface area contributed by atoms with E-state index in [9.17, 15) is 36.7 Å². The third-order valence-electron chi connectivity index (χ3n) is 8.10. The minimum Gasteiger partial charge on any atom is -0.376 e. The molecule has 3 aliphatic rings. The van der Waals surface area contributed by atoms with Gasteiger partial charge in [-0.25, -0.2) is 0 Å². The Labute approximate surface area is 252 Å². The molecule has 2 aromatic rings. The number of carbonyl (C=O) groups excluding carboxylic acids is 4. The van der Waals surface area contributed by atoms with Crippen molar-refractivity contribution in [2.45, 2.75) is 57.0 Å². The predicted molar refractivity (Wildman–Crippen MR) is 138 cm³/mol. The number of hydrogen-bond acceptors (Lipinski definition) is 4. The molecule has 41 heavy (non-hydrogen) atoms. The molecular weight excluding hydrogens is 621 g/mol. The van der Waals surface area contributed by atoms with Gasteiger partial charge in [-0.1, -0.05) is 61.7 Å². The summed E-state index contributed by atoms with van der Waals surface area (Å²) < 4.78 is 48.5. The number of piperidine rings is 1. The largest absolute Gasteiger partial charge is 2.00 e. The van der Waals surface area contributed by atoms with Gasteiger partial charge >= 0.3 is 28.6 Å². The van der Waals surface area contributed by atoms with Crippen LogP contribution < -0.4 is 0 Å². The number of carbonyl (C=O) groups is 3. The first-order valence-electron chi connectivity index (χ1n) is 13.3. The van der Waals surface area contributed by atoms with Gasteiger partial charge in [0.1, 0.15) is 0 Å². The van der Waals surface area contributed by atoms with E-state index in [1.165, 1.54) is 11.3 Å². The Morgan fingerprint density at radius 1 is 1.00 bits per heavy atom. The first kappa shape index (κ1) is 32.6. The Bertz CT molecular complexity index is 1260. The number of benzene rings is 2. The van der Waals surface area contributed by atoms with Crippen molar-refractivity contribution in [3.8, 4) is 0 Å². The number of likely N-dealkylation sites (tertiary alicyclic amines) is 2. The fourth-order valence-electron chi connectivity index (χ4n) is 5.90. The van der Waals surface area contributed by atoms with Crippen molar-refractivity contribution in [3.63, 3.8) is 0 Å². The standard InChI is InChI=1S/C22H27N2O3.C8H3F4O.Nb/c1-23-20(26)18(16-8-4-2-5-9-16)22(21(23)27)12-14-24(15-13-22)19(25)17-10-6-3-7-11-17;9-7-2-1-6(8(10,11)12)3-5(7)4-13;/h2,4-5,8-9,18H,3,6-7,10-15H2,1H3;1-3H;/q2*-1;+2. The molecule has 1 atom stereocenters. The maximum Gasteiger partial charge on any atom is 2.00 e. The van der Waals surface area contributed by atoms with Gasteiger partial charge < -0.3 is 14.5 Å². The van der Waals surface area contributed by atoms with E-state index in [1.807, 2.05) is 35.2 Å². The van der Waals surface area contributed by atoms with Crippen LogP contribution in [0.1, 0.15) is 67.6 Å². The summed E-state index contributed by atoms with van der Waals surface area (Å²) in [4.78, 5) is 51.9. The van der Waals surface area contributed by atoms with Gasteiger partial charge in [0.2, 0.25) is 11.8 Å². The molecule has 1 spiro atoms. The Balaban J connectivity index is 0.000000280. The number of nitrogens with zero attached hydrogens (tertiary/aromatic N) is 2. The summed E-state index contributed by atoms with van der Waals surface area (Å²) in [5.41, 5.74) is -1.58. The summed E-state index contributed by atoms with van der Waals surface area (Å²) in [7, 11) is 1.59. The van der Waals surface area contributed by atoms with Crippen molar-refractivity contribution >= 4 is 24.0 Å². The summed E-state index contributed by atoms with van der Waals surface area (Å²) in [6, 6.07) is 11.2. The molecule has 2 aliphatic heterocycles. The van der Waals surface area contributed by atoms with E-state index in [1.54, 1.807) is 7.05 Å². The van der Waals surface area contributed by atoms with Gasteiger partial charge in [0.05, 0.1) is 23.5 Å². The number of halogens is 4. The smallest absolute Gasteiger partial charge is 0.376 e. The molecule has 0 bridgehead atoms. The predicted octanol–water partition coefficient (Wildman–Crippen LogP) is 5.22. The van der Waals surface area contributed by atoms with Crippen molar-refractivity contribution in [1.82, 2.24) is 9.80 Å². The van der Waals surface area contributed by atoms with Crippen LogP contribution in [0, 0.1) is 17.2 Å². The molecule has 1 aliphatic carbocycles. The molecule has 5 rings (SSSR count). The van der Waals surface area contributed by atoms with Crippen molar-refractivity contribution in [2.75, 3.05) is 20.1 Å². The normalized spacial score (nSPS) is 20.3. The van der Waals surface area contributed by atoms with Crippen LogP contribution in [0.3, 0.4) is 0 Å². The van der Waals surface area contributed by atoms with Gasteiger partial charge in [-0.05, 0) is 24.0 Å². The van der Waals surface area contributed by atoms with E-state index in [4.69, 9.17) is 0 Å². The number of amides is 3. The topological polar surface area (TPSA) is 74.8 Å². The molecule has 3 fully saturated rings. The minimum absolute atomic E-state index is 0. The molecule has 11 heteroatoms. The van der Waals surface area contributed by atoms with E-state index < -0.39 is 34.5 Å². The fourth-order valence-corrected chi connectivity index (χ4v) is 5.90. The van der Waals surface area contributed by atoms with Crippen LogP contribution in [-0.2, 0) is 47.7 Å². The van der Waals surface area contributed by atoms with Crippen molar-refractivity contribution in [2.24, 2.45) is 5.41 Å². The average Bonchev–Trinajstić information content (AvgIpc) is 3.14. The van der Waals surface area contributed by atoms with Crippen LogP contribution in [0.25, 0.3) is 0 Å². The zero-order valence-electron chi connectivity index (χ0n) is 22.5. The third-order valence-corrected chi connectivity index (χ3v) is 8.10. The zero-order chi connectivity index (χ0) is 29.1. The Hall–Kier alpha value is -2.95. The molecule has 0 N–H and O–H groups in total. The van der Waals surface area contributed by atoms with Crippen molar-refractivity contribution < 1.29 is 59.1 Å². The molecule has 3 amide bonds. The molecule has 0 aromatic heterocycles. The summed E-state index contributed by atoms with van der Waals surface area (Å²) >= 11 is 0. The minimum atomic E-state index is -4.57. The van der Waals surface area contributed by atoms with E-state index >= 15 is 0 Å². The molecule has 6 nitrogen and oxygen atoms in total. The molecule has 1 saturated carbocycles. The average molecular weight is 651 g/mol. The molecule has 2 heterocycles. The van der Waals surface area contributed by atoms with Crippen molar-refractivity contribution in [3.05, 3.63) is 77.0 Å². The van der Waals surface area contributed by atoms with E-state index in [0.29, 0.717) is 44.1 Å². The van der Waals surface area contributed by atoms with Crippen LogP contribution in [0.2, 0.25) is 0 Å². The number of likely N-dealkylation sites (N-methyl/N-ethyl adjacent to an activating group) is 1. The molecule has 217 valence electrons. The van der Waals surface area contributed by atoms with Crippen LogP contribution in [-0.4, -0.2) is 53.9 Å². The van der Waals surface area contributed by atoms with Gasteiger partial charge in [0.15, 0.2) is 0 Å². The first-order valence-corrected chi connectivity index (χ1v) is 13.3. The summed E-state index contributed by atoms with van der Waals surface area (Å²) in [6.45, 7) is 1.11. The number of rotatable bonds is 3. The Morgan fingerprint density at radius 3 is 2.17 bits per heavy atom. The monoisotopic (exact) mass is 651 g/mol. The fraction of sp³-hybridized carbons (Fsp3) is 0.433. The van der Waals surface area contributed by atoms with Crippen molar-refractivity contribution in [1.29, 1.82) is 0 Å². The summed E-state index contributed by atoms with van der Waals surface area (Å²) in [6.07, 6.45) is 2.86. The maximum absolute atomic E-state index is 13.1. The number of hydrogen-bond donors (Lipinski definition) is 0. The van der Waals surface area contributed by atoms with E-state index in [0.717, 1.165) is 43.5 Å². The van der Waals surface area contributed by atoms with E-state index in [2.05, 4.69) is 0 Å². The molecule has 2 saturated heterocycles. The second-order valence-corrected chi connectivity index (χ2v) is 10.5. The second-order valence-electron chi connectivity index (χ2n) is 10.5. The molecule has 1 radical (unpaired) electrons. The second kappa shape index (κ2) is 13.4. The van der Waals surface area contributed by atoms with Crippen LogP contribution >= 0.6 is 0 Å². The molecule has 2 aromatic carbocycles. The third kappa shape index (κ3) is 6.76. The Kier molecular flexibility index (Phi) is 10.6. The molecular formula is C30H30F4N2NbO4. The maximum atomic E-state index is 13.1. The van der Waals surface area contributed by atoms with Crippen LogP contribution in [0.5, 0.6) is 0 Å². The van der Waals surface area contributed by atoms with Crippen LogP contribution in [0.15, 0.2) is 48.5 Å². The first-order chi connectivity index (χ1) is 19.0. The van der Waals surface area contributed by atoms with E-state index in [-0.39, 0.29) is 40.1 Å². The molecule has 1 unspecified atom stereocenters. The van der Waals surface area contributed by atoms with Crippen LogP contribution in [0.4, 0.5) is 17.6 Å². The zero-order valence-corrected chi connectivity index (χ0v) is 24.7. The quantitative estimate of drug-likeness (QED) is 0.198. The summed E-state index contributed by atoms with van der Waals surface area (Å²) in [5, 5.41) is 0. The SMILES string of the molecule is CN1C(=O)C(c2ccccc2)C2(CCN(C(=O)[C-]3CCCCC3)CC2)C1=O.O=[C-]c1cc(C(F)(F)F)ccc1F.[Nb+2]. The number of imide groups is 1. The Morgan fingerprint density at radius 2 is 1.61 bits per heavy atom.